The van der Waals surface area contributed by atoms with Gasteiger partial charge >= 0.3 is 7.12 Å². The lowest BCUT2D eigenvalue weighted by atomic mass is 9.86. The first-order valence-electron chi connectivity index (χ1n) is 18.7. The van der Waals surface area contributed by atoms with Gasteiger partial charge in [-0.25, -0.2) is 0 Å². The molecule has 1 unspecified atom stereocenters. The molecular weight excluding hydrogens is 789 g/mol. The summed E-state index contributed by atoms with van der Waals surface area (Å²) in [4.78, 5) is 102. The Morgan fingerprint density at radius 3 is 1.78 bits per heavy atom. The van der Waals surface area contributed by atoms with E-state index >= 15 is 0 Å². The van der Waals surface area contributed by atoms with Crippen LogP contribution < -0.4 is 54.8 Å². The van der Waals surface area contributed by atoms with Gasteiger partial charge in [-0.05, 0) is 48.6 Å². The number of amides is 8. The van der Waals surface area contributed by atoms with Gasteiger partial charge in [0.15, 0.2) is 12.3 Å². The second kappa shape index (κ2) is 24.2. The zero-order valence-corrected chi connectivity index (χ0v) is 33.3. The summed E-state index contributed by atoms with van der Waals surface area (Å²) in [7, 11) is -1.13. The Balaban J connectivity index is 1.94. The Morgan fingerprint density at radius 1 is 0.733 bits per heavy atom. The summed E-state index contributed by atoms with van der Waals surface area (Å²) in [5.41, 5.74) is 25.2. The zero-order valence-electron chi connectivity index (χ0n) is 33.3. The predicted octanol–water partition coefficient (Wildman–Crippen LogP) is -6.31. The maximum Gasteiger partial charge on any atom is 0.490 e. The van der Waals surface area contributed by atoms with Crippen LogP contribution in [0, 0.1) is 0 Å². The topological polar surface area (TPSA) is 397 Å². The predicted molar refractivity (Wildman–Crippen MR) is 214 cm³/mol. The number of rotatable bonds is 23. The van der Waals surface area contributed by atoms with E-state index in [9.17, 15) is 48.6 Å². The number of likely N-dealkylation sites (N-methyl/N-ethyl adjacent to an activating group) is 1. The van der Waals surface area contributed by atoms with E-state index in [0.717, 1.165) is 44.4 Å². The van der Waals surface area contributed by atoms with E-state index in [-0.39, 0.29) is 5.56 Å². The lowest BCUT2D eigenvalue weighted by molar-refractivity contribution is -0.144. The molecule has 0 aliphatic heterocycles. The van der Waals surface area contributed by atoms with Gasteiger partial charge in [0.05, 0.1) is 25.7 Å². The molecule has 0 bridgehead atoms. The Bertz CT molecular complexity index is 1820. The van der Waals surface area contributed by atoms with Crippen molar-refractivity contribution in [3.8, 4) is 11.1 Å². The number of nitrogens with zero attached hydrogens (tertiary/aromatic N) is 1. The van der Waals surface area contributed by atoms with E-state index in [2.05, 4.69) is 22.9 Å². The van der Waals surface area contributed by atoms with Crippen LogP contribution in [0.15, 0.2) is 48.5 Å². The first-order valence-corrected chi connectivity index (χ1v) is 18.7. The largest absolute Gasteiger partial charge is 0.490 e. The number of carbonyl (C=O) groups is 8. The molecule has 2 aromatic carbocycles. The fourth-order valence-corrected chi connectivity index (χ4v) is 5.40. The molecule has 18 N–H and O–H groups in total. The number of nitrogens with one attached hydrogen (secondary N) is 6. The summed E-state index contributed by atoms with van der Waals surface area (Å²) >= 11 is 0. The number of hydrogen-bond acceptors (Lipinski definition) is 15. The van der Waals surface area contributed by atoms with Crippen LogP contribution in [0.1, 0.15) is 49.0 Å². The van der Waals surface area contributed by atoms with Crippen LogP contribution in [0.2, 0.25) is 0 Å². The minimum absolute atomic E-state index is 0.185. The van der Waals surface area contributed by atoms with Crippen LogP contribution in [-0.4, -0.2) is 142 Å². The molecule has 23 nitrogen and oxygen atoms in total. The molecule has 0 spiro atoms. The summed E-state index contributed by atoms with van der Waals surface area (Å²) in [5, 5.41) is 50.9. The summed E-state index contributed by atoms with van der Waals surface area (Å²) in [6.07, 6.45) is -2.95. The number of carbonyl (C=O) groups excluding carboxylic acids is 8. The Hall–Kier alpha value is -6.02. The number of aliphatic hydroxyl groups excluding tert-OH is 2. The second-order valence-electron chi connectivity index (χ2n) is 13.6. The lowest BCUT2D eigenvalue weighted by Crippen LogP contribution is -2.63. The fourth-order valence-electron chi connectivity index (χ4n) is 5.40. The SMILES string of the molecule is CCCCc1ccc(-c2ccc(C(=O)N[C@H](CO)C(=O)N[C@H](N)C(=O)NCC(=O)N(C)[C@H](C(=O)N[C@@H](N)C(=O)N[C@@H](CC(N)=O)C(=O)N[C@@H](N)B(O)O)C(C)O)cc2)cc1. The number of nitrogens with two attached hydrogens (primary N) is 4. The highest BCUT2D eigenvalue weighted by Gasteiger charge is 2.35. The molecule has 0 heterocycles. The number of benzene rings is 2. The Morgan fingerprint density at radius 2 is 1.27 bits per heavy atom. The van der Waals surface area contributed by atoms with Crippen molar-refractivity contribution in [3.05, 3.63) is 59.7 Å². The van der Waals surface area contributed by atoms with Gasteiger partial charge in [-0.2, -0.15) is 0 Å². The highest BCUT2D eigenvalue weighted by molar-refractivity contribution is 6.43. The van der Waals surface area contributed by atoms with E-state index in [4.69, 9.17) is 33.0 Å². The van der Waals surface area contributed by atoms with Crippen molar-refractivity contribution < 1.29 is 58.6 Å². The van der Waals surface area contributed by atoms with Crippen LogP contribution in [0.25, 0.3) is 11.1 Å². The normalized spacial score (nSPS) is 14.4. The molecule has 0 saturated carbocycles. The molecular formula is C36H54BN11O12. The van der Waals surface area contributed by atoms with Gasteiger partial charge in [0.1, 0.15) is 24.2 Å². The van der Waals surface area contributed by atoms with E-state index < -0.39 is 117 Å². The van der Waals surface area contributed by atoms with Gasteiger partial charge in [-0.15, -0.1) is 0 Å². The standard InChI is InChI=1S/C36H54BN11O12/c1-4-5-6-19-7-9-20(10-8-19)21-11-13-22(14-12-21)30(53)44-24(17-49)32(55)45-28(39)34(57)42-16-26(52)48(3)27(18(2)50)33(56)46-29(40)35(58)43-23(15-25(38)51)31(54)47-36(41)37(59)60/h7-14,18,23-24,27-29,36,49-50,59-60H,4-6,15-17,39-41H2,1-3H3,(H2,38,51)(H,42,57)(H,43,58)(H,44,53)(H,45,55)(H,46,56)(H,47,54)/t18?,23-,24+,27-,28-,29+,36+/m0/s1. The van der Waals surface area contributed by atoms with Gasteiger partial charge in [-0.3, -0.25) is 38.4 Å². The monoisotopic (exact) mass is 843 g/mol. The smallest absolute Gasteiger partial charge is 0.425 e. The van der Waals surface area contributed by atoms with Crippen molar-refractivity contribution in [1.82, 2.24) is 36.8 Å². The van der Waals surface area contributed by atoms with Crippen molar-refractivity contribution in [2.75, 3.05) is 20.2 Å². The van der Waals surface area contributed by atoms with Gasteiger partial charge in [0.2, 0.25) is 29.5 Å². The molecule has 0 radical (unpaired) electrons. The number of aliphatic hydroxyl groups is 2. The van der Waals surface area contributed by atoms with Crippen molar-refractivity contribution in [2.24, 2.45) is 22.9 Å². The number of hydrogen-bond donors (Lipinski definition) is 14. The van der Waals surface area contributed by atoms with E-state index in [1.54, 1.807) is 24.3 Å². The quantitative estimate of drug-likeness (QED) is 0.0366. The van der Waals surface area contributed by atoms with E-state index in [1.807, 2.05) is 40.2 Å². The number of primary amides is 1. The molecule has 0 aliphatic rings. The molecule has 24 heteroatoms. The van der Waals surface area contributed by atoms with Crippen LogP contribution >= 0.6 is 0 Å². The summed E-state index contributed by atoms with van der Waals surface area (Å²) in [6.45, 7) is 1.56. The molecule has 0 saturated heterocycles. The van der Waals surface area contributed by atoms with Crippen LogP contribution in [0.4, 0.5) is 0 Å². The van der Waals surface area contributed by atoms with Crippen molar-refractivity contribution >= 4 is 54.4 Å². The maximum atomic E-state index is 13.0. The van der Waals surface area contributed by atoms with Gasteiger partial charge in [0, 0.05) is 12.6 Å². The van der Waals surface area contributed by atoms with E-state index in [0.29, 0.717) is 4.90 Å². The number of unbranched alkanes of at least 4 members (excludes halogenated alkanes) is 1. The lowest BCUT2D eigenvalue weighted by Gasteiger charge is -2.30. The van der Waals surface area contributed by atoms with Crippen molar-refractivity contribution in [2.45, 2.75) is 82.2 Å². The van der Waals surface area contributed by atoms with Crippen LogP contribution in [0.5, 0.6) is 0 Å². The Kier molecular flexibility index (Phi) is 20.2. The molecule has 2 rings (SSSR count). The molecule has 0 aromatic heterocycles. The Labute approximate surface area is 345 Å². The van der Waals surface area contributed by atoms with Crippen molar-refractivity contribution in [1.29, 1.82) is 0 Å². The highest BCUT2D eigenvalue weighted by Crippen LogP contribution is 2.21. The molecule has 0 fully saturated rings. The third-order valence-corrected chi connectivity index (χ3v) is 8.84. The third kappa shape index (κ3) is 15.6. The van der Waals surface area contributed by atoms with Crippen LogP contribution in [0.3, 0.4) is 0 Å². The molecule has 8 amide bonds. The van der Waals surface area contributed by atoms with Gasteiger partial charge in [0.25, 0.3) is 17.7 Å². The summed E-state index contributed by atoms with van der Waals surface area (Å²) in [6, 6.07) is 7.94. The molecule has 328 valence electrons. The molecule has 7 atom stereocenters. The zero-order chi connectivity index (χ0) is 45.3. The second-order valence-corrected chi connectivity index (χ2v) is 13.6. The summed E-state index contributed by atoms with van der Waals surface area (Å²) in [5.74, 6) is -8.45. The summed E-state index contributed by atoms with van der Waals surface area (Å²) < 4.78 is 0. The van der Waals surface area contributed by atoms with Crippen LogP contribution in [-0.2, 0) is 40.0 Å². The average Bonchev–Trinajstić information content (AvgIpc) is 3.20. The van der Waals surface area contributed by atoms with E-state index in [1.165, 1.54) is 5.56 Å². The number of aryl methyl sites for hydroxylation is 1. The fraction of sp³-hybridized carbons (Fsp3) is 0.444. The minimum Gasteiger partial charge on any atom is -0.425 e. The molecule has 2 aromatic rings. The van der Waals surface area contributed by atoms with Crippen molar-refractivity contribution in [3.63, 3.8) is 0 Å². The van der Waals surface area contributed by atoms with Gasteiger partial charge < -0.3 is 80.0 Å². The molecule has 60 heavy (non-hydrogen) atoms. The first-order chi connectivity index (χ1) is 28.2. The first kappa shape index (κ1) is 50.1. The maximum absolute atomic E-state index is 13.0. The minimum atomic E-state index is -2.20. The highest BCUT2D eigenvalue weighted by atomic mass is 16.4. The molecule has 0 aliphatic carbocycles. The van der Waals surface area contributed by atoms with Gasteiger partial charge in [-0.1, -0.05) is 49.7 Å². The average molecular weight is 844 g/mol. The third-order valence-electron chi connectivity index (χ3n) is 8.84.